The lowest BCUT2D eigenvalue weighted by Crippen LogP contribution is -2.44. The molecule has 1 aromatic carbocycles. The van der Waals surface area contributed by atoms with E-state index < -0.39 is 6.10 Å². The van der Waals surface area contributed by atoms with Gasteiger partial charge in [-0.15, -0.1) is 0 Å². The molecule has 6 nitrogen and oxygen atoms in total. The second-order valence-corrected chi connectivity index (χ2v) is 4.41. The minimum absolute atomic E-state index is 0.267. The van der Waals surface area contributed by atoms with Crippen molar-refractivity contribution < 1.29 is 20.1 Å². The summed E-state index contributed by atoms with van der Waals surface area (Å²) in [5.74, 6) is -0.908. The predicted octanol–water partition coefficient (Wildman–Crippen LogP) is -0.497. The Kier molecular flexibility index (Phi) is 3.40. The van der Waals surface area contributed by atoms with Crippen LogP contribution >= 0.6 is 0 Å². The van der Waals surface area contributed by atoms with Gasteiger partial charge in [0.1, 0.15) is 0 Å². The van der Waals surface area contributed by atoms with Gasteiger partial charge in [0.2, 0.25) is 0 Å². The Morgan fingerprint density at radius 1 is 1.33 bits per heavy atom. The molecule has 0 radical (unpaired) electrons. The van der Waals surface area contributed by atoms with E-state index in [1.807, 2.05) is 0 Å². The SMILES string of the molecule is CN(C(=O)c1ccc(O)c(O)c1)[C@@H]1CNC[C@H]1O. The van der Waals surface area contributed by atoms with Crippen LogP contribution < -0.4 is 5.32 Å². The Balaban J connectivity index is 2.17. The largest absolute Gasteiger partial charge is 0.504 e. The first-order chi connectivity index (χ1) is 8.50. The van der Waals surface area contributed by atoms with Crippen molar-refractivity contribution in [2.45, 2.75) is 12.1 Å². The Morgan fingerprint density at radius 3 is 2.61 bits per heavy atom. The van der Waals surface area contributed by atoms with Crippen molar-refractivity contribution in [2.75, 3.05) is 20.1 Å². The van der Waals surface area contributed by atoms with Gasteiger partial charge in [-0.1, -0.05) is 0 Å². The van der Waals surface area contributed by atoms with Gasteiger partial charge >= 0.3 is 0 Å². The molecule has 0 bridgehead atoms. The minimum Gasteiger partial charge on any atom is -0.504 e. The molecule has 6 heteroatoms. The van der Waals surface area contributed by atoms with Crippen molar-refractivity contribution in [1.29, 1.82) is 0 Å². The van der Waals surface area contributed by atoms with Gasteiger partial charge in [0, 0.05) is 25.7 Å². The third-order valence-corrected chi connectivity index (χ3v) is 3.19. The lowest BCUT2D eigenvalue weighted by atomic mass is 10.1. The summed E-state index contributed by atoms with van der Waals surface area (Å²) >= 11 is 0. The van der Waals surface area contributed by atoms with Gasteiger partial charge in [-0.25, -0.2) is 0 Å². The molecule has 2 atom stereocenters. The first-order valence-corrected chi connectivity index (χ1v) is 5.68. The van der Waals surface area contributed by atoms with Crippen LogP contribution in [0.5, 0.6) is 11.5 Å². The van der Waals surface area contributed by atoms with Crippen LogP contribution in [-0.2, 0) is 0 Å². The molecule has 0 spiro atoms. The molecule has 1 heterocycles. The Morgan fingerprint density at radius 2 is 2.06 bits per heavy atom. The van der Waals surface area contributed by atoms with Crippen LogP contribution in [0.2, 0.25) is 0 Å². The number of hydrogen-bond donors (Lipinski definition) is 4. The van der Waals surface area contributed by atoms with Gasteiger partial charge in [0.05, 0.1) is 12.1 Å². The van der Waals surface area contributed by atoms with Crippen LogP contribution in [0.4, 0.5) is 0 Å². The number of aliphatic hydroxyl groups excluding tert-OH is 1. The van der Waals surface area contributed by atoms with Crippen LogP contribution in [0.25, 0.3) is 0 Å². The molecule has 18 heavy (non-hydrogen) atoms. The number of amides is 1. The molecule has 98 valence electrons. The molecule has 1 aliphatic heterocycles. The summed E-state index contributed by atoms with van der Waals surface area (Å²) < 4.78 is 0. The first kappa shape index (κ1) is 12.7. The number of carbonyl (C=O) groups excluding carboxylic acids is 1. The van der Waals surface area contributed by atoms with E-state index in [0.29, 0.717) is 13.1 Å². The molecular weight excluding hydrogens is 236 g/mol. The number of aliphatic hydroxyl groups is 1. The molecular formula is C12H16N2O4. The van der Waals surface area contributed by atoms with Crippen molar-refractivity contribution in [3.05, 3.63) is 23.8 Å². The van der Waals surface area contributed by atoms with E-state index in [1.165, 1.54) is 23.1 Å². The zero-order valence-corrected chi connectivity index (χ0v) is 10.00. The second kappa shape index (κ2) is 4.83. The van der Waals surface area contributed by atoms with E-state index in [0.717, 1.165) is 0 Å². The monoisotopic (exact) mass is 252 g/mol. The summed E-state index contributed by atoms with van der Waals surface area (Å²) in [6, 6.07) is 3.62. The van der Waals surface area contributed by atoms with Crippen LogP contribution in [-0.4, -0.2) is 58.4 Å². The third-order valence-electron chi connectivity index (χ3n) is 3.19. The quantitative estimate of drug-likeness (QED) is 0.533. The summed E-state index contributed by atoms with van der Waals surface area (Å²) in [6.07, 6.45) is -0.593. The minimum atomic E-state index is -0.593. The highest BCUT2D eigenvalue weighted by Crippen LogP contribution is 2.25. The molecule has 1 aromatic rings. The first-order valence-electron chi connectivity index (χ1n) is 5.68. The topological polar surface area (TPSA) is 93.0 Å². The molecule has 1 aliphatic rings. The van der Waals surface area contributed by atoms with E-state index in [9.17, 15) is 20.1 Å². The van der Waals surface area contributed by atoms with Crippen LogP contribution in [0, 0.1) is 0 Å². The van der Waals surface area contributed by atoms with Crippen molar-refractivity contribution in [3.8, 4) is 11.5 Å². The Bertz CT molecular complexity index is 463. The summed E-state index contributed by atoms with van der Waals surface area (Å²) in [6.45, 7) is 0.997. The van der Waals surface area contributed by atoms with Crippen LogP contribution in [0.3, 0.4) is 0 Å². The molecule has 1 amide bonds. The highest BCUT2D eigenvalue weighted by molar-refractivity contribution is 5.95. The number of nitrogens with one attached hydrogen (secondary N) is 1. The number of nitrogens with zero attached hydrogens (tertiary/aromatic N) is 1. The van der Waals surface area contributed by atoms with Crippen molar-refractivity contribution in [3.63, 3.8) is 0 Å². The van der Waals surface area contributed by atoms with E-state index in [4.69, 9.17) is 0 Å². The van der Waals surface area contributed by atoms with E-state index in [2.05, 4.69) is 5.32 Å². The van der Waals surface area contributed by atoms with E-state index >= 15 is 0 Å². The average Bonchev–Trinajstić information content (AvgIpc) is 2.77. The summed E-state index contributed by atoms with van der Waals surface area (Å²) in [5, 5.41) is 31.3. The van der Waals surface area contributed by atoms with E-state index in [1.54, 1.807) is 7.05 Å². The van der Waals surface area contributed by atoms with Gasteiger partial charge in [-0.2, -0.15) is 0 Å². The van der Waals surface area contributed by atoms with Gasteiger partial charge in [-0.3, -0.25) is 4.79 Å². The molecule has 2 rings (SSSR count). The fraction of sp³-hybridized carbons (Fsp3) is 0.417. The maximum Gasteiger partial charge on any atom is 0.254 e. The Hall–Kier alpha value is -1.79. The summed E-state index contributed by atoms with van der Waals surface area (Å²) in [5.41, 5.74) is 0.270. The maximum atomic E-state index is 12.1. The fourth-order valence-electron chi connectivity index (χ4n) is 2.06. The highest BCUT2D eigenvalue weighted by atomic mass is 16.3. The number of hydrogen-bond acceptors (Lipinski definition) is 5. The molecule has 0 unspecified atom stereocenters. The smallest absolute Gasteiger partial charge is 0.254 e. The maximum absolute atomic E-state index is 12.1. The van der Waals surface area contributed by atoms with Crippen molar-refractivity contribution >= 4 is 5.91 Å². The van der Waals surface area contributed by atoms with Crippen LogP contribution in [0.15, 0.2) is 18.2 Å². The number of rotatable bonds is 2. The molecule has 4 N–H and O–H groups in total. The zero-order chi connectivity index (χ0) is 13.3. The average molecular weight is 252 g/mol. The number of aromatic hydroxyl groups is 2. The predicted molar refractivity (Wildman–Crippen MR) is 64.5 cm³/mol. The second-order valence-electron chi connectivity index (χ2n) is 4.41. The van der Waals surface area contributed by atoms with Gasteiger partial charge in [0.15, 0.2) is 11.5 Å². The number of benzene rings is 1. The standard InChI is InChI=1S/C12H16N2O4/c1-14(8-5-13-6-11(8)17)12(18)7-2-3-9(15)10(16)4-7/h2-4,8,11,13,15-17H,5-6H2,1H3/t8-,11-/m1/s1. The number of phenols is 2. The van der Waals surface area contributed by atoms with E-state index in [-0.39, 0.29) is 29.0 Å². The van der Waals surface area contributed by atoms with Crippen LogP contribution in [0.1, 0.15) is 10.4 Å². The number of carbonyl (C=O) groups is 1. The van der Waals surface area contributed by atoms with Crippen molar-refractivity contribution in [1.82, 2.24) is 10.2 Å². The molecule has 1 saturated heterocycles. The van der Waals surface area contributed by atoms with Crippen molar-refractivity contribution in [2.24, 2.45) is 0 Å². The van der Waals surface area contributed by atoms with Gasteiger partial charge < -0.3 is 25.5 Å². The lowest BCUT2D eigenvalue weighted by Gasteiger charge is -2.26. The number of likely N-dealkylation sites (N-methyl/N-ethyl adjacent to an activating group) is 1. The normalized spacial score (nSPS) is 23.0. The fourth-order valence-corrected chi connectivity index (χ4v) is 2.06. The molecule has 0 saturated carbocycles. The molecule has 0 aliphatic carbocycles. The van der Waals surface area contributed by atoms with Gasteiger partial charge in [-0.05, 0) is 18.2 Å². The highest BCUT2D eigenvalue weighted by Gasteiger charge is 2.31. The lowest BCUT2D eigenvalue weighted by molar-refractivity contribution is 0.0581. The summed E-state index contributed by atoms with van der Waals surface area (Å²) in [7, 11) is 1.60. The van der Waals surface area contributed by atoms with Gasteiger partial charge in [0.25, 0.3) is 5.91 Å². The molecule has 1 fully saturated rings. The third kappa shape index (κ3) is 2.25. The molecule has 0 aromatic heterocycles. The summed E-state index contributed by atoms with van der Waals surface area (Å²) in [4.78, 5) is 13.6. The Labute approximate surface area is 104 Å². The zero-order valence-electron chi connectivity index (χ0n) is 10.00. The number of β-amino-alcohol motifs (C(OH)–C–C–N with tert-alkyl or cyclic N) is 1. The number of phenolic OH excluding ortho intramolecular Hbond substituents is 2.